The first-order valence-corrected chi connectivity index (χ1v) is 7.92. The van der Waals surface area contributed by atoms with Gasteiger partial charge < -0.3 is 15.4 Å². The number of hydrogen-bond acceptors (Lipinski definition) is 3. The number of benzene rings is 1. The zero-order valence-electron chi connectivity index (χ0n) is 14.5. The number of guanidine groups is 1. The van der Waals surface area contributed by atoms with Gasteiger partial charge in [-0.15, -0.1) is 0 Å². The molecular formula is C17H30N4O. The molecule has 124 valence electrons. The van der Waals surface area contributed by atoms with E-state index in [1.165, 1.54) is 5.56 Å². The lowest BCUT2D eigenvalue weighted by atomic mass is 10.2. The first-order chi connectivity index (χ1) is 10.6. The highest BCUT2D eigenvalue weighted by molar-refractivity contribution is 5.79. The Labute approximate surface area is 134 Å². The second-order valence-corrected chi connectivity index (χ2v) is 5.42. The van der Waals surface area contributed by atoms with Gasteiger partial charge in [-0.05, 0) is 38.1 Å². The molecule has 0 radical (unpaired) electrons. The largest absolute Gasteiger partial charge is 0.497 e. The molecule has 22 heavy (non-hydrogen) atoms. The van der Waals surface area contributed by atoms with Gasteiger partial charge in [-0.3, -0.25) is 9.89 Å². The standard InChI is InChI=1S/C17H30N4O/c1-6-21(14(2)3)12-11-19-17(18-4)20-13-15-7-9-16(22-5)10-8-15/h7-10,14H,6,11-13H2,1-5H3,(H2,18,19,20). The second-order valence-electron chi connectivity index (χ2n) is 5.42. The van der Waals surface area contributed by atoms with E-state index in [-0.39, 0.29) is 0 Å². The summed E-state index contributed by atoms with van der Waals surface area (Å²) < 4.78 is 5.16. The Morgan fingerprint density at radius 3 is 2.41 bits per heavy atom. The highest BCUT2D eigenvalue weighted by Gasteiger charge is 2.06. The molecule has 5 nitrogen and oxygen atoms in total. The average molecular weight is 306 g/mol. The van der Waals surface area contributed by atoms with Crippen molar-refractivity contribution in [2.24, 2.45) is 4.99 Å². The molecule has 0 unspecified atom stereocenters. The maximum absolute atomic E-state index is 5.16. The van der Waals surface area contributed by atoms with Crippen LogP contribution in [0.3, 0.4) is 0 Å². The summed E-state index contributed by atoms with van der Waals surface area (Å²) in [6, 6.07) is 8.61. The van der Waals surface area contributed by atoms with Crippen LogP contribution in [0.1, 0.15) is 26.3 Å². The van der Waals surface area contributed by atoms with Crippen molar-refractivity contribution in [2.75, 3.05) is 33.8 Å². The molecule has 5 heteroatoms. The number of hydrogen-bond donors (Lipinski definition) is 2. The first kappa shape index (κ1) is 18.3. The number of rotatable bonds is 8. The van der Waals surface area contributed by atoms with Gasteiger partial charge in [0.15, 0.2) is 5.96 Å². The fourth-order valence-electron chi connectivity index (χ4n) is 2.25. The van der Waals surface area contributed by atoms with Crippen molar-refractivity contribution >= 4 is 5.96 Å². The van der Waals surface area contributed by atoms with Gasteiger partial charge in [0.05, 0.1) is 7.11 Å². The summed E-state index contributed by atoms with van der Waals surface area (Å²) in [4.78, 5) is 6.68. The van der Waals surface area contributed by atoms with E-state index in [0.717, 1.165) is 37.9 Å². The van der Waals surface area contributed by atoms with E-state index in [0.29, 0.717) is 6.04 Å². The van der Waals surface area contributed by atoms with Gasteiger partial charge in [0.1, 0.15) is 5.75 Å². The molecular weight excluding hydrogens is 276 g/mol. The molecule has 0 fully saturated rings. The van der Waals surface area contributed by atoms with Gasteiger partial charge in [0, 0.05) is 32.7 Å². The fourth-order valence-corrected chi connectivity index (χ4v) is 2.25. The lowest BCUT2D eigenvalue weighted by Crippen LogP contribution is -2.42. The van der Waals surface area contributed by atoms with Gasteiger partial charge in [-0.25, -0.2) is 0 Å². The van der Waals surface area contributed by atoms with Crippen LogP contribution in [-0.2, 0) is 6.54 Å². The Morgan fingerprint density at radius 1 is 1.23 bits per heavy atom. The molecule has 0 spiro atoms. The average Bonchev–Trinajstić information content (AvgIpc) is 2.54. The zero-order chi connectivity index (χ0) is 16.4. The summed E-state index contributed by atoms with van der Waals surface area (Å²) in [6.45, 7) is 10.3. The van der Waals surface area contributed by atoms with Gasteiger partial charge in [0.25, 0.3) is 0 Å². The summed E-state index contributed by atoms with van der Waals surface area (Å²) in [5.41, 5.74) is 1.20. The molecule has 0 aliphatic rings. The minimum Gasteiger partial charge on any atom is -0.497 e. The summed E-state index contributed by atoms with van der Waals surface area (Å²) in [7, 11) is 3.47. The van der Waals surface area contributed by atoms with Crippen molar-refractivity contribution in [3.05, 3.63) is 29.8 Å². The van der Waals surface area contributed by atoms with Crippen LogP contribution >= 0.6 is 0 Å². The summed E-state index contributed by atoms with van der Waals surface area (Å²) in [6.07, 6.45) is 0. The third kappa shape index (κ3) is 6.35. The van der Waals surface area contributed by atoms with E-state index in [1.54, 1.807) is 14.2 Å². The molecule has 1 aromatic rings. The number of nitrogens with one attached hydrogen (secondary N) is 2. The number of likely N-dealkylation sites (N-methyl/N-ethyl adjacent to an activating group) is 1. The second kappa shape index (κ2) is 10.1. The van der Waals surface area contributed by atoms with E-state index in [4.69, 9.17) is 4.74 Å². The van der Waals surface area contributed by atoms with Crippen molar-refractivity contribution in [1.29, 1.82) is 0 Å². The van der Waals surface area contributed by atoms with Gasteiger partial charge in [-0.1, -0.05) is 19.1 Å². The summed E-state index contributed by atoms with van der Waals surface area (Å²) in [5.74, 6) is 1.70. The smallest absolute Gasteiger partial charge is 0.191 e. The lowest BCUT2D eigenvalue weighted by Gasteiger charge is -2.25. The molecule has 0 saturated heterocycles. The molecule has 0 heterocycles. The number of aliphatic imine (C=N–C) groups is 1. The van der Waals surface area contributed by atoms with Crippen LogP contribution in [0.5, 0.6) is 5.75 Å². The Balaban J connectivity index is 2.35. The van der Waals surface area contributed by atoms with E-state index >= 15 is 0 Å². The number of nitrogens with zero attached hydrogens (tertiary/aromatic N) is 2. The molecule has 0 saturated carbocycles. The Bertz CT molecular complexity index is 442. The number of ether oxygens (including phenoxy) is 1. The van der Waals surface area contributed by atoms with E-state index in [2.05, 4.69) is 53.4 Å². The topological polar surface area (TPSA) is 48.9 Å². The van der Waals surface area contributed by atoms with Crippen LogP contribution in [0.2, 0.25) is 0 Å². The highest BCUT2D eigenvalue weighted by Crippen LogP contribution is 2.10. The minimum atomic E-state index is 0.570. The third-order valence-electron chi connectivity index (χ3n) is 3.67. The normalized spacial score (nSPS) is 11.9. The zero-order valence-corrected chi connectivity index (χ0v) is 14.5. The summed E-state index contributed by atoms with van der Waals surface area (Å²) >= 11 is 0. The molecule has 0 aromatic heterocycles. The quantitative estimate of drug-likeness (QED) is 0.570. The molecule has 1 aromatic carbocycles. The van der Waals surface area contributed by atoms with Crippen molar-refractivity contribution in [3.8, 4) is 5.75 Å². The van der Waals surface area contributed by atoms with Crippen LogP contribution in [0.25, 0.3) is 0 Å². The van der Waals surface area contributed by atoms with Gasteiger partial charge >= 0.3 is 0 Å². The molecule has 1 rings (SSSR count). The van der Waals surface area contributed by atoms with E-state index in [9.17, 15) is 0 Å². The Morgan fingerprint density at radius 2 is 1.91 bits per heavy atom. The Hall–Kier alpha value is -1.75. The molecule has 0 aliphatic heterocycles. The van der Waals surface area contributed by atoms with E-state index in [1.807, 2.05) is 12.1 Å². The van der Waals surface area contributed by atoms with Crippen molar-refractivity contribution < 1.29 is 4.74 Å². The molecule has 0 atom stereocenters. The van der Waals surface area contributed by atoms with Crippen LogP contribution in [-0.4, -0.2) is 50.7 Å². The molecule has 2 N–H and O–H groups in total. The predicted molar refractivity (Wildman–Crippen MR) is 93.6 cm³/mol. The SMILES string of the molecule is CCN(CCNC(=NC)NCc1ccc(OC)cc1)C(C)C. The number of methoxy groups -OCH3 is 1. The van der Waals surface area contributed by atoms with Crippen molar-refractivity contribution in [3.63, 3.8) is 0 Å². The first-order valence-electron chi connectivity index (χ1n) is 7.92. The van der Waals surface area contributed by atoms with Crippen molar-refractivity contribution in [2.45, 2.75) is 33.4 Å². The lowest BCUT2D eigenvalue weighted by molar-refractivity contribution is 0.237. The molecule has 0 amide bonds. The highest BCUT2D eigenvalue weighted by atomic mass is 16.5. The van der Waals surface area contributed by atoms with Crippen LogP contribution < -0.4 is 15.4 Å². The van der Waals surface area contributed by atoms with E-state index < -0.39 is 0 Å². The maximum atomic E-state index is 5.16. The fraction of sp³-hybridized carbons (Fsp3) is 0.588. The summed E-state index contributed by atoms with van der Waals surface area (Å²) in [5, 5.41) is 6.68. The molecule has 0 aliphatic carbocycles. The maximum Gasteiger partial charge on any atom is 0.191 e. The third-order valence-corrected chi connectivity index (χ3v) is 3.67. The minimum absolute atomic E-state index is 0.570. The van der Waals surface area contributed by atoms with Crippen LogP contribution in [0, 0.1) is 0 Å². The monoisotopic (exact) mass is 306 g/mol. The Kier molecular flexibility index (Phi) is 8.36. The van der Waals surface area contributed by atoms with Gasteiger partial charge in [-0.2, -0.15) is 0 Å². The van der Waals surface area contributed by atoms with Crippen LogP contribution in [0.15, 0.2) is 29.3 Å². The molecule has 0 bridgehead atoms. The van der Waals surface area contributed by atoms with Crippen LogP contribution in [0.4, 0.5) is 0 Å². The van der Waals surface area contributed by atoms with Gasteiger partial charge in [0.2, 0.25) is 0 Å². The van der Waals surface area contributed by atoms with Crippen molar-refractivity contribution in [1.82, 2.24) is 15.5 Å². The predicted octanol–water partition coefficient (Wildman–Crippen LogP) is 2.09.